The second kappa shape index (κ2) is 7.98. The number of nitrogens with one attached hydrogen (secondary N) is 2. The van der Waals surface area contributed by atoms with Crippen molar-refractivity contribution in [2.24, 2.45) is 5.92 Å². The van der Waals surface area contributed by atoms with Gasteiger partial charge in [-0.25, -0.2) is 9.18 Å². The Kier molecular flexibility index (Phi) is 6.00. The van der Waals surface area contributed by atoms with E-state index in [0.29, 0.717) is 11.7 Å². The highest BCUT2D eigenvalue weighted by molar-refractivity contribution is 5.74. The zero-order chi connectivity index (χ0) is 15.9. The number of aliphatic hydroxyl groups excluding tert-OH is 1. The first-order chi connectivity index (χ1) is 10.5. The number of carbonyl (C=O) groups excluding carboxylic acids is 1. The monoisotopic (exact) mass is 310 g/mol. The summed E-state index contributed by atoms with van der Waals surface area (Å²) < 4.78 is 18.0. The standard InChI is InChI=1S/C16H23FN2O3/c1-11(12-3-2-4-12)19-16(21)18-9-14(20)10-22-15-7-5-13(17)6-8-15/h5-8,11-12,14,20H,2-4,9-10H2,1H3,(H2,18,19,21). The number of carbonyl (C=O) groups is 1. The number of aliphatic hydroxyl groups is 1. The van der Waals surface area contributed by atoms with E-state index < -0.39 is 6.10 Å². The van der Waals surface area contributed by atoms with Crippen LogP contribution in [-0.2, 0) is 0 Å². The highest BCUT2D eigenvalue weighted by Gasteiger charge is 2.24. The van der Waals surface area contributed by atoms with Crippen molar-refractivity contribution in [2.75, 3.05) is 13.2 Å². The molecule has 0 bridgehead atoms. The van der Waals surface area contributed by atoms with E-state index in [0.717, 1.165) is 12.8 Å². The zero-order valence-corrected chi connectivity index (χ0v) is 12.7. The molecule has 2 amide bonds. The SMILES string of the molecule is CC(NC(=O)NCC(O)COc1ccc(F)cc1)C1CCC1. The molecular formula is C16H23FN2O3. The lowest BCUT2D eigenvalue weighted by Crippen LogP contribution is -2.47. The van der Waals surface area contributed by atoms with E-state index in [1.54, 1.807) is 0 Å². The Labute approximate surface area is 129 Å². The number of hydrogen-bond acceptors (Lipinski definition) is 3. The molecule has 2 rings (SSSR count). The van der Waals surface area contributed by atoms with Gasteiger partial charge >= 0.3 is 6.03 Å². The van der Waals surface area contributed by atoms with Gasteiger partial charge < -0.3 is 20.5 Å². The predicted octanol–water partition coefficient (Wildman–Crippen LogP) is 2.05. The molecule has 22 heavy (non-hydrogen) atoms. The third-order valence-corrected chi connectivity index (χ3v) is 3.97. The molecule has 0 aliphatic heterocycles. The van der Waals surface area contributed by atoms with Crippen molar-refractivity contribution >= 4 is 6.03 Å². The number of ether oxygens (including phenoxy) is 1. The molecule has 0 spiro atoms. The van der Waals surface area contributed by atoms with Crippen LogP contribution in [0, 0.1) is 11.7 Å². The highest BCUT2D eigenvalue weighted by atomic mass is 19.1. The number of hydrogen-bond donors (Lipinski definition) is 3. The molecule has 1 aromatic carbocycles. The zero-order valence-electron chi connectivity index (χ0n) is 12.7. The molecule has 1 fully saturated rings. The molecule has 0 saturated heterocycles. The van der Waals surface area contributed by atoms with E-state index in [9.17, 15) is 14.3 Å². The van der Waals surface area contributed by atoms with Crippen molar-refractivity contribution < 1.29 is 19.0 Å². The maximum absolute atomic E-state index is 12.7. The number of urea groups is 1. The van der Waals surface area contributed by atoms with Crippen LogP contribution in [0.1, 0.15) is 26.2 Å². The summed E-state index contributed by atoms with van der Waals surface area (Å²) in [5, 5.41) is 15.3. The third-order valence-electron chi connectivity index (χ3n) is 3.97. The second-order valence-electron chi connectivity index (χ2n) is 5.75. The molecule has 2 atom stereocenters. The number of amides is 2. The van der Waals surface area contributed by atoms with Crippen molar-refractivity contribution in [1.82, 2.24) is 10.6 Å². The summed E-state index contributed by atoms with van der Waals surface area (Å²) in [6.07, 6.45) is 2.73. The molecular weight excluding hydrogens is 287 g/mol. The fraction of sp³-hybridized carbons (Fsp3) is 0.562. The van der Waals surface area contributed by atoms with E-state index in [1.807, 2.05) is 6.92 Å². The van der Waals surface area contributed by atoms with Gasteiger partial charge in [-0.15, -0.1) is 0 Å². The van der Waals surface area contributed by atoms with Crippen LogP contribution >= 0.6 is 0 Å². The minimum atomic E-state index is -0.824. The van der Waals surface area contributed by atoms with Crippen LogP contribution < -0.4 is 15.4 Å². The average molecular weight is 310 g/mol. The molecule has 3 N–H and O–H groups in total. The van der Waals surface area contributed by atoms with Crippen LogP contribution in [0.5, 0.6) is 5.75 Å². The van der Waals surface area contributed by atoms with E-state index in [-0.39, 0.29) is 31.0 Å². The van der Waals surface area contributed by atoms with Gasteiger partial charge in [-0.1, -0.05) is 6.42 Å². The Hall–Kier alpha value is -1.82. The summed E-state index contributed by atoms with van der Waals surface area (Å²) in [4.78, 5) is 11.7. The van der Waals surface area contributed by atoms with Crippen LogP contribution in [-0.4, -0.2) is 36.4 Å². The van der Waals surface area contributed by atoms with E-state index in [1.165, 1.54) is 30.7 Å². The third kappa shape index (κ3) is 5.18. The largest absolute Gasteiger partial charge is 0.491 e. The molecule has 122 valence electrons. The number of rotatable bonds is 7. The van der Waals surface area contributed by atoms with Crippen molar-refractivity contribution in [3.63, 3.8) is 0 Å². The Morgan fingerprint density at radius 2 is 2.09 bits per heavy atom. The van der Waals surface area contributed by atoms with Gasteiger partial charge in [-0.3, -0.25) is 0 Å². The maximum atomic E-state index is 12.7. The summed E-state index contributed by atoms with van der Waals surface area (Å²) in [6, 6.07) is 5.43. The van der Waals surface area contributed by atoms with Crippen LogP contribution in [0.4, 0.5) is 9.18 Å². The van der Waals surface area contributed by atoms with Gasteiger partial charge in [-0.05, 0) is 49.9 Å². The quantitative estimate of drug-likeness (QED) is 0.722. The molecule has 1 saturated carbocycles. The molecule has 1 aliphatic rings. The van der Waals surface area contributed by atoms with Crippen LogP contribution in [0.2, 0.25) is 0 Å². The van der Waals surface area contributed by atoms with Gasteiger partial charge in [0, 0.05) is 12.6 Å². The summed E-state index contributed by atoms with van der Waals surface area (Å²) in [5.41, 5.74) is 0. The lowest BCUT2D eigenvalue weighted by atomic mass is 9.80. The Morgan fingerprint density at radius 1 is 1.41 bits per heavy atom. The molecule has 6 heteroatoms. The van der Waals surface area contributed by atoms with Crippen molar-refractivity contribution in [2.45, 2.75) is 38.3 Å². The first kappa shape index (κ1) is 16.5. The van der Waals surface area contributed by atoms with Crippen molar-refractivity contribution in [3.05, 3.63) is 30.1 Å². The van der Waals surface area contributed by atoms with Gasteiger partial charge in [0.15, 0.2) is 0 Å². The normalized spacial score (nSPS) is 17.2. The fourth-order valence-corrected chi connectivity index (χ4v) is 2.31. The summed E-state index contributed by atoms with van der Waals surface area (Å²) in [6.45, 7) is 2.13. The molecule has 5 nitrogen and oxygen atoms in total. The minimum Gasteiger partial charge on any atom is -0.491 e. The van der Waals surface area contributed by atoms with Crippen LogP contribution in [0.3, 0.4) is 0 Å². The maximum Gasteiger partial charge on any atom is 0.315 e. The molecule has 1 aliphatic carbocycles. The lowest BCUT2D eigenvalue weighted by molar-refractivity contribution is 0.107. The van der Waals surface area contributed by atoms with Crippen molar-refractivity contribution in [3.8, 4) is 5.75 Å². The summed E-state index contributed by atoms with van der Waals surface area (Å²) in [5.74, 6) is 0.702. The summed E-state index contributed by atoms with van der Waals surface area (Å²) in [7, 11) is 0. The Balaban J connectivity index is 1.61. The molecule has 1 aromatic rings. The van der Waals surface area contributed by atoms with Crippen LogP contribution in [0.25, 0.3) is 0 Å². The van der Waals surface area contributed by atoms with Gasteiger partial charge in [0.2, 0.25) is 0 Å². The molecule has 0 heterocycles. The second-order valence-corrected chi connectivity index (χ2v) is 5.75. The van der Waals surface area contributed by atoms with E-state index in [4.69, 9.17) is 4.74 Å². The first-order valence-corrected chi connectivity index (χ1v) is 7.65. The molecule has 2 unspecified atom stereocenters. The summed E-state index contributed by atoms with van der Waals surface area (Å²) >= 11 is 0. The van der Waals surface area contributed by atoms with Gasteiger partial charge in [0.05, 0.1) is 0 Å². The first-order valence-electron chi connectivity index (χ1n) is 7.65. The lowest BCUT2D eigenvalue weighted by Gasteiger charge is -2.31. The number of benzene rings is 1. The molecule has 0 aromatic heterocycles. The average Bonchev–Trinajstić information content (AvgIpc) is 2.42. The van der Waals surface area contributed by atoms with E-state index in [2.05, 4.69) is 10.6 Å². The van der Waals surface area contributed by atoms with Gasteiger partial charge in [-0.2, -0.15) is 0 Å². The van der Waals surface area contributed by atoms with Crippen LogP contribution in [0.15, 0.2) is 24.3 Å². The molecule has 0 radical (unpaired) electrons. The van der Waals surface area contributed by atoms with Crippen molar-refractivity contribution in [1.29, 1.82) is 0 Å². The fourth-order valence-electron chi connectivity index (χ4n) is 2.31. The van der Waals surface area contributed by atoms with Gasteiger partial charge in [0.1, 0.15) is 24.3 Å². The topological polar surface area (TPSA) is 70.6 Å². The Morgan fingerprint density at radius 3 is 2.68 bits per heavy atom. The van der Waals surface area contributed by atoms with Gasteiger partial charge in [0.25, 0.3) is 0 Å². The predicted molar refractivity (Wildman–Crippen MR) is 81.2 cm³/mol. The highest BCUT2D eigenvalue weighted by Crippen LogP contribution is 2.29. The minimum absolute atomic E-state index is 0.0318. The smallest absolute Gasteiger partial charge is 0.315 e. The van der Waals surface area contributed by atoms with E-state index >= 15 is 0 Å². The number of halogens is 1. The Bertz CT molecular complexity index is 477.